The lowest BCUT2D eigenvalue weighted by molar-refractivity contribution is 0.574. The van der Waals surface area contributed by atoms with Crippen LogP contribution >= 0.6 is 0 Å². The molecule has 0 aliphatic carbocycles. The Balaban J connectivity index is 2.03. The zero-order chi connectivity index (χ0) is 11.9. The van der Waals surface area contributed by atoms with E-state index in [2.05, 4.69) is 41.4 Å². The number of rotatable bonds is 5. The smallest absolute Gasteiger partial charge is 0.0411 e. The Hall–Kier alpha value is -1.02. The van der Waals surface area contributed by atoms with Gasteiger partial charge in [0.05, 0.1) is 0 Å². The SMILES string of the molecule is CCCNCc1ccccc1N1CCCCC1. The molecule has 94 valence electrons. The molecule has 2 rings (SSSR count). The highest BCUT2D eigenvalue weighted by Gasteiger charge is 2.13. The van der Waals surface area contributed by atoms with Crippen LogP contribution in [0.1, 0.15) is 38.2 Å². The normalized spacial score (nSPS) is 16.2. The molecule has 1 aromatic carbocycles. The Morgan fingerprint density at radius 3 is 2.65 bits per heavy atom. The maximum absolute atomic E-state index is 3.50. The zero-order valence-electron chi connectivity index (χ0n) is 10.9. The predicted molar refractivity (Wildman–Crippen MR) is 74.5 cm³/mol. The molecule has 0 bridgehead atoms. The summed E-state index contributed by atoms with van der Waals surface area (Å²) in [6, 6.07) is 8.84. The van der Waals surface area contributed by atoms with Gasteiger partial charge >= 0.3 is 0 Å². The molecule has 2 heteroatoms. The van der Waals surface area contributed by atoms with Gasteiger partial charge in [-0.3, -0.25) is 0 Å². The van der Waals surface area contributed by atoms with Crippen molar-refractivity contribution in [2.45, 2.75) is 39.2 Å². The van der Waals surface area contributed by atoms with E-state index in [1.165, 1.54) is 50.0 Å². The van der Waals surface area contributed by atoms with Crippen LogP contribution in [0, 0.1) is 0 Å². The number of para-hydroxylation sites is 1. The summed E-state index contributed by atoms with van der Waals surface area (Å²) in [6.45, 7) is 6.77. The van der Waals surface area contributed by atoms with E-state index in [0.29, 0.717) is 0 Å². The Labute approximate surface area is 105 Å². The molecule has 1 aromatic rings. The van der Waals surface area contributed by atoms with Crippen molar-refractivity contribution in [1.29, 1.82) is 0 Å². The highest BCUT2D eigenvalue weighted by molar-refractivity contribution is 5.53. The van der Waals surface area contributed by atoms with Gasteiger partial charge in [-0.25, -0.2) is 0 Å². The van der Waals surface area contributed by atoms with E-state index in [1.807, 2.05) is 0 Å². The summed E-state index contributed by atoms with van der Waals surface area (Å²) in [4.78, 5) is 2.55. The molecule has 0 spiro atoms. The minimum atomic E-state index is 1.00. The van der Waals surface area contributed by atoms with Crippen molar-refractivity contribution in [3.8, 4) is 0 Å². The summed E-state index contributed by atoms with van der Waals surface area (Å²) in [5, 5.41) is 3.50. The maximum Gasteiger partial charge on any atom is 0.0411 e. The van der Waals surface area contributed by atoms with E-state index in [9.17, 15) is 0 Å². The first-order chi connectivity index (χ1) is 8.42. The molecule has 17 heavy (non-hydrogen) atoms. The minimum absolute atomic E-state index is 1.00. The highest BCUT2D eigenvalue weighted by atomic mass is 15.1. The van der Waals surface area contributed by atoms with Crippen LogP contribution in [0.2, 0.25) is 0 Å². The van der Waals surface area contributed by atoms with Crippen molar-refractivity contribution in [2.75, 3.05) is 24.5 Å². The third kappa shape index (κ3) is 3.47. The summed E-state index contributed by atoms with van der Waals surface area (Å²) >= 11 is 0. The second kappa shape index (κ2) is 6.65. The third-order valence-corrected chi connectivity index (χ3v) is 3.43. The fraction of sp³-hybridized carbons (Fsp3) is 0.600. The minimum Gasteiger partial charge on any atom is -0.371 e. The van der Waals surface area contributed by atoms with Gasteiger partial charge in [-0.15, -0.1) is 0 Å². The number of piperidine rings is 1. The summed E-state index contributed by atoms with van der Waals surface area (Å²) in [6.07, 6.45) is 5.28. The standard InChI is InChI=1S/C15H24N2/c1-2-10-16-13-14-8-4-5-9-15(14)17-11-6-3-7-12-17/h4-5,8-9,16H,2-3,6-7,10-13H2,1H3. The zero-order valence-corrected chi connectivity index (χ0v) is 10.9. The first-order valence-electron chi connectivity index (χ1n) is 6.95. The number of nitrogens with zero attached hydrogens (tertiary/aromatic N) is 1. The van der Waals surface area contributed by atoms with Gasteiger partial charge in [0.1, 0.15) is 0 Å². The molecule has 0 radical (unpaired) electrons. The summed E-state index contributed by atoms with van der Waals surface area (Å²) in [7, 11) is 0. The first kappa shape index (κ1) is 12.4. The van der Waals surface area contributed by atoms with Crippen molar-refractivity contribution in [2.24, 2.45) is 0 Å². The monoisotopic (exact) mass is 232 g/mol. The molecule has 1 aliphatic heterocycles. The van der Waals surface area contributed by atoms with Crippen LogP contribution < -0.4 is 10.2 Å². The number of anilines is 1. The first-order valence-corrected chi connectivity index (χ1v) is 6.95. The molecular weight excluding hydrogens is 208 g/mol. The van der Waals surface area contributed by atoms with Crippen LogP contribution in [0.25, 0.3) is 0 Å². The van der Waals surface area contributed by atoms with Crippen molar-refractivity contribution in [3.63, 3.8) is 0 Å². The number of hydrogen-bond acceptors (Lipinski definition) is 2. The molecule has 1 saturated heterocycles. The van der Waals surface area contributed by atoms with Gasteiger partial charge in [0.25, 0.3) is 0 Å². The van der Waals surface area contributed by atoms with Crippen molar-refractivity contribution < 1.29 is 0 Å². The van der Waals surface area contributed by atoms with E-state index in [1.54, 1.807) is 0 Å². The largest absolute Gasteiger partial charge is 0.371 e. The molecule has 0 aromatic heterocycles. The summed E-state index contributed by atoms with van der Waals surface area (Å²) in [5.41, 5.74) is 2.89. The fourth-order valence-electron chi connectivity index (χ4n) is 2.50. The van der Waals surface area contributed by atoms with E-state index >= 15 is 0 Å². The lowest BCUT2D eigenvalue weighted by Gasteiger charge is -2.30. The lowest BCUT2D eigenvalue weighted by Crippen LogP contribution is -2.30. The summed E-state index contributed by atoms with van der Waals surface area (Å²) < 4.78 is 0. The quantitative estimate of drug-likeness (QED) is 0.784. The van der Waals surface area contributed by atoms with Crippen molar-refractivity contribution in [1.82, 2.24) is 5.32 Å². The average molecular weight is 232 g/mol. The van der Waals surface area contributed by atoms with Crippen molar-refractivity contribution in [3.05, 3.63) is 29.8 Å². The molecular formula is C15H24N2. The van der Waals surface area contributed by atoms with Gasteiger partial charge in [-0.05, 0) is 43.9 Å². The van der Waals surface area contributed by atoms with E-state index < -0.39 is 0 Å². The van der Waals surface area contributed by atoms with Gasteiger partial charge in [0.15, 0.2) is 0 Å². The van der Waals surface area contributed by atoms with E-state index in [-0.39, 0.29) is 0 Å². The van der Waals surface area contributed by atoms with Crippen LogP contribution in [0.3, 0.4) is 0 Å². The maximum atomic E-state index is 3.50. The van der Waals surface area contributed by atoms with Gasteiger partial charge in [-0.1, -0.05) is 25.1 Å². The van der Waals surface area contributed by atoms with Crippen LogP contribution in [-0.4, -0.2) is 19.6 Å². The van der Waals surface area contributed by atoms with Crippen LogP contribution in [0.4, 0.5) is 5.69 Å². The number of hydrogen-bond donors (Lipinski definition) is 1. The molecule has 1 aliphatic rings. The Bertz CT molecular complexity index is 329. The van der Waals surface area contributed by atoms with Crippen molar-refractivity contribution >= 4 is 5.69 Å². The molecule has 0 unspecified atom stereocenters. The Morgan fingerprint density at radius 2 is 1.88 bits per heavy atom. The van der Waals surface area contributed by atoms with Gasteiger partial charge in [0.2, 0.25) is 0 Å². The van der Waals surface area contributed by atoms with E-state index in [0.717, 1.165) is 13.1 Å². The number of benzene rings is 1. The van der Waals surface area contributed by atoms with Crippen LogP contribution in [0.5, 0.6) is 0 Å². The van der Waals surface area contributed by atoms with Crippen LogP contribution in [-0.2, 0) is 6.54 Å². The second-order valence-electron chi connectivity index (χ2n) is 4.85. The molecule has 0 atom stereocenters. The molecule has 0 saturated carbocycles. The number of nitrogens with one attached hydrogen (secondary N) is 1. The highest BCUT2D eigenvalue weighted by Crippen LogP contribution is 2.23. The van der Waals surface area contributed by atoms with Gasteiger partial charge in [-0.2, -0.15) is 0 Å². The molecule has 1 N–H and O–H groups in total. The van der Waals surface area contributed by atoms with Gasteiger partial charge < -0.3 is 10.2 Å². The molecule has 1 fully saturated rings. The van der Waals surface area contributed by atoms with Crippen LogP contribution in [0.15, 0.2) is 24.3 Å². The lowest BCUT2D eigenvalue weighted by atomic mass is 10.1. The van der Waals surface area contributed by atoms with Gasteiger partial charge in [0, 0.05) is 25.3 Å². The predicted octanol–water partition coefficient (Wildman–Crippen LogP) is 3.18. The van der Waals surface area contributed by atoms with E-state index in [4.69, 9.17) is 0 Å². The molecule has 0 amide bonds. The Kier molecular flexibility index (Phi) is 4.87. The second-order valence-corrected chi connectivity index (χ2v) is 4.85. The fourth-order valence-corrected chi connectivity index (χ4v) is 2.50. The average Bonchev–Trinajstić information content (AvgIpc) is 2.41. The summed E-state index contributed by atoms with van der Waals surface area (Å²) in [5.74, 6) is 0. The topological polar surface area (TPSA) is 15.3 Å². The third-order valence-electron chi connectivity index (χ3n) is 3.43. The molecule has 1 heterocycles. The molecule has 2 nitrogen and oxygen atoms in total. The Morgan fingerprint density at radius 1 is 1.12 bits per heavy atom.